The Bertz CT molecular complexity index is 491. The molecule has 0 aliphatic heterocycles. The second kappa shape index (κ2) is 3.03. The molecule has 0 saturated heterocycles. The van der Waals surface area contributed by atoms with Crippen LogP contribution in [0.5, 0.6) is 0 Å². The Morgan fingerprint density at radius 3 is 2.22 bits per heavy atom. The van der Waals surface area contributed by atoms with E-state index in [1.54, 1.807) is 5.56 Å². The summed E-state index contributed by atoms with van der Waals surface area (Å²) in [5.41, 5.74) is 5.00. The van der Waals surface area contributed by atoms with E-state index >= 15 is 0 Å². The van der Waals surface area contributed by atoms with Crippen molar-refractivity contribution in [1.29, 1.82) is 0 Å². The van der Waals surface area contributed by atoms with Crippen LogP contribution >= 0.6 is 0 Å². The van der Waals surface area contributed by atoms with Crippen LogP contribution in [0, 0.1) is 23.2 Å². The van der Waals surface area contributed by atoms with Crippen molar-refractivity contribution in [2.45, 2.75) is 58.8 Å². The molecular weight excluding hydrogens is 216 g/mol. The second-order valence-corrected chi connectivity index (χ2v) is 7.49. The van der Waals surface area contributed by atoms with Crippen molar-refractivity contribution >= 4 is 0 Å². The molecule has 4 rings (SSSR count). The molecule has 0 heterocycles. The van der Waals surface area contributed by atoms with Gasteiger partial charge in [-0.05, 0) is 53.9 Å². The lowest BCUT2D eigenvalue weighted by molar-refractivity contribution is 0.169. The minimum absolute atomic E-state index is 0.617. The average Bonchev–Trinajstić information content (AvgIpc) is 2.78. The number of rotatable bonds is 1. The smallest absolute Gasteiger partial charge is 0.00914 e. The Morgan fingerprint density at radius 2 is 1.61 bits per heavy atom. The van der Waals surface area contributed by atoms with Gasteiger partial charge in [-0.1, -0.05) is 56.5 Å². The Hall–Kier alpha value is -0.780. The Balaban J connectivity index is 1.70. The van der Waals surface area contributed by atoms with Crippen LogP contribution in [-0.2, 0) is 0 Å². The molecule has 3 aliphatic carbocycles. The molecule has 1 spiro atoms. The molecule has 0 radical (unpaired) electrons. The minimum Gasteiger partial charge on any atom is -0.0590 e. The van der Waals surface area contributed by atoms with Crippen molar-refractivity contribution in [2.75, 3.05) is 0 Å². The van der Waals surface area contributed by atoms with E-state index in [0.29, 0.717) is 10.8 Å². The highest BCUT2D eigenvalue weighted by Gasteiger charge is 2.89. The summed E-state index contributed by atoms with van der Waals surface area (Å²) in [7, 11) is 0. The van der Waals surface area contributed by atoms with Gasteiger partial charge in [-0.2, -0.15) is 0 Å². The van der Waals surface area contributed by atoms with Crippen LogP contribution in [0.15, 0.2) is 24.3 Å². The normalized spacial score (nSPS) is 43.6. The molecule has 0 heteroatoms. The zero-order valence-corrected chi connectivity index (χ0v) is 11.9. The van der Waals surface area contributed by atoms with Crippen molar-refractivity contribution in [3.8, 4) is 0 Å². The molecule has 0 amide bonds. The van der Waals surface area contributed by atoms with Gasteiger partial charge in [0, 0.05) is 0 Å². The van der Waals surface area contributed by atoms with Gasteiger partial charge in [0.15, 0.2) is 0 Å². The zero-order valence-electron chi connectivity index (χ0n) is 11.9. The summed E-state index contributed by atoms with van der Waals surface area (Å²) in [6, 6.07) is 9.34. The standard InChI is InChI=1S/C18H24/c1-13-6-8-14(9-7-13)15-12-16(2)17(15,3)18(16)10-4-5-11-18/h6-9,15H,4-5,10-12H2,1-3H3. The Kier molecular flexibility index (Phi) is 1.86. The minimum atomic E-state index is 0.617. The molecule has 0 N–H and O–H groups in total. The Labute approximate surface area is 111 Å². The predicted molar refractivity (Wildman–Crippen MR) is 75.7 cm³/mol. The first-order valence-corrected chi connectivity index (χ1v) is 7.62. The van der Waals surface area contributed by atoms with E-state index in [1.165, 1.54) is 37.7 Å². The number of fused-ring (bicyclic) bond motifs is 3. The van der Waals surface area contributed by atoms with Crippen molar-refractivity contribution in [3.05, 3.63) is 35.4 Å². The van der Waals surface area contributed by atoms with Crippen molar-refractivity contribution in [1.82, 2.24) is 0 Å². The highest BCUT2D eigenvalue weighted by molar-refractivity contribution is 5.45. The van der Waals surface area contributed by atoms with Crippen LogP contribution in [0.25, 0.3) is 0 Å². The summed E-state index contributed by atoms with van der Waals surface area (Å²) in [5, 5.41) is 0. The van der Waals surface area contributed by atoms with Crippen LogP contribution < -0.4 is 0 Å². The van der Waals surface area contributed by atoms with Gasteiger partial charge in [0.05, 0.1) is 0 Å². The molecule has 18 heavy (non-hydrogen) atoms. The monoisotopic (exact) mass is 240 g/mol. The molecule has 0 nitrogen and oxygen atoms in total. The SMILES string of the molecule is Cc1ccc(C2CC3(C)C4(CCCC4)C23C)cc1. The number of benzene rings is 1. The molecule has 3 atom stereocenters. The van der Waals surface area contributed by atoms with E-state index in [2.05, 4.69) is 45.0 Å². The first kappa shape index (κ1) is 11.1. The highest BCUT2D eigenvalue weighted by Crippen LogP contribution is 2.96. The lowest BCUT2D eigenvalue weighted by atomic mass is 9.64. The fourth-order valence-corrected chi connectivity index (χ4v) is 6.12. The first-order chi connectivity index (χ1) is 8.55. The molecule has 0 aromatic heterocycles. The van der Waals surface area contributed by atoms with E-state index in [1.807, 2.05) is 0 Å². The van der Waals surface area contributed by atoms with Gasteiger partial charge < -0.3 is 0 Å². The van der Waals surface area contributed by atoms with E-state index in [4.69, 9.17) is 0 Å². The highest BCUT2D eigenvalue weighted by atomic mass is 14.9. The second-order valence-electron chi connectivity index (χ2n) is 7.49. The molecule has 96 valence electrons. The Morgan fingerprint density at radius 1 is 1.00 bits per heavy atom. The lowest BCUT2D eigenvalue weighted by Gasteiger charge is -2.40. The van der Waals surface area contributed by atoms with Gasteiger partial charge in [0.25, 0.3) is 0 Å². The van der Waals surface area contributed by atoms with E-state index in [9.17, 15) is 0 Å². The third-order valence-electron chi connectivity index (χ3n) is 7.38. The maximum Gasteiger partial charge on any atom is -0.00914 e. The molecule has 1 aromatic carbocycles. The van der Waals surface area contributed by atoms with Crippen LogP contribution in [0.1, 0.15) is 63.0 Å². The lowest BCUT2D eigenvalue weighted by Crippen LogP contribution is -2.30. The van der Waals surface area contributed by atoms with Gasteiger partial charge >= 0.3 is 0 Å². The van der Waals surface area contributed by atoms with Crippen LogP contribution in [0.2, 0.25) is 0 Å². The largest absolute Gasteiger partial charge is 0.0590 e. The number of aryl methyl sites for hydroxylation is 1. The van der Waals surface area contributed by atoms with Crippen molar-refractivity contribution < 1.29 is 0 Å². The van der Waals surface area contributed by atoms with Crippen LogP contribution in [0.3, 0.4) is 0 Å². The average molecular weight is 240 g/mol. The van der Waals surface area contributed by atoms with Gasteiger partial charge in [-0.25, -0.2) is 0 Å². The number of hydrogen-bond donors (Lipinski definition) is 0. The predicted octanol–water partition coefficient (Wildman–Crippen LogP) is 5.07. The molecule has 3 unspecified atom stereocenters. The van der Waals surface area contributed by atoms with Crippen molar-refractivity contribution in [3.63, 3.8) is 0 Å². The van der Waals surface area contributed by atoms with Crippen LogP contribution in [0.4, 0.5) is 0 Å². The molecular formula is C18H24. The summed E-state index contributed by atoms with van der Waals surface area (Å²) in [5.74, 6) is 0.834. The summed E-state index contributed by atoms with van der Waals surface area (Å²) in [4.78, 5) is 0. The maximum atomic E-state index is 2.59. The van der Waals surface area contributed by atoms with E-state index in [-0.39, 0.29) is 0 Å². The fourth-order valence-electron chi connectivity index (χ4n) is 6.12. The topological polar surface area (TPSA) is 0 Å². The summed E-state index contributed by atoms with van der Waals surface area (Å²) in [6.07, 6.45) is 7.40. The molecule has 3 fully saturated rings. The molecule has 1 aromatic rings. The molecule has 3 saturated carbocycles. The first-order valence-electron chi connectivity index (χ1n) is 7.62. The quantitative estimate of drug-likeness (QED) is 0.643. The summed E-state index contributed by atoms with van der Waals surface area (Å²) >= 11 is 0. The third-order valence-corrected chi connectivity index (χ3v) is 7.38. The van der Waals surface area contributed by atoms with E-state index < -0.39 is 0 Å². The van der Waals surface area contributed by atoms with Gasteiger partial charge in [0.1, 0.15) is 0 Å². The van der Waals surface area contributed by atoms with E-state index in [0.717, 1.165) is 11.3 Å². The summed E-state index contributed by atoms with van der Waals surface area (Å²) in [6.45, 7) is 7.35. The third kappa shape index (κ3) is 0.908. The van der Waals surface area contributed by atoms with Gasteiger partial charge in [0.2, 0.25) is 0 Å². The van der Waals surface area contributed by atoms with Crippen LogP contribution in [-0.4, -0.2) is 0 Å². The molecule has 0 bridgehead atoms. The molecule has 3 aliphatic rings. The summed E-state index contributed by atoms with van der Waals surface area (Å²) < 4.78 is 0. The van der Waals surface area contributed by atoms with Crippen molar-refractivity contribution in [2.24, 2.45) is 16.2 Å². The fraction of sp³-hybridized carbons (Fsp3) is 0.667. The zero-order chi connectivity index (χ0) is 12.6. The van der Waals surface area contributed by atoms with Gasteiger partial charge in [-0.15, -0.1) is 0 Å². The van der Waals surface area contributed by atoms with Gasteiger partial charge in [-0.3, -0.25) is 0 Å². The maximum absolute atomic E-state index is 2.59. The number of hydrogen-bond acceptors (Lipinski definition) is 0.